The van der Waals surface area contributed by atoms with Gasteiger partial charge in [0.2, 0.25) is 11.7 Å². The number of amides is 1. The Morgan fingerprint density at radius 2 is 1.62 bits per heavy atom. The first-order valence-electron chi connectivity index (χ1n) is 8.94. The van der Waals surface area contributed by atoms with E-state index < -0.39 is 0 Å². The number of nitrogens with one attached hydrogen (secondary N) is 1. The normalized spacial score (nSPS) is 10.5. The molecule has 152 valence electrons. The first-order valence-corrected chi connectivity index (χ1v) is 8.94. The number of hydrogen-bond acceptors (Lipinski definition) is 5. The van der Waals surface area contributed by atoms with Crippen molar-refractivity contribution in [3.63, 3.8) is 0 Å². The minimum atomic E-state index is -0.306. The third-order valence-corrected chi connectivity index (χ3v) is 4.34. The molecule has 3 aromatic rings. The van der Waals surface area contributed by atoms with Gasteiger partial charge in [-0.25, -0.2) is 4.39 Å². The van der Waals surface area contributed by atoms with Crippen LogP contribution < -0.4 is 19.5 Å². The van der Waals surface area contributed by atoms with Crippen LogP contribution in [0.1, 0.15) is 11.3 Å². The van der Waals surface area contributed by atoms with Gasteiger partial charge in [0, 0.05) is 5.56 Å². The lowest BCUT2D eigenvalue weighted by molar-refractivity contribution is -0.120. The van der Waals surface area contributed by atoms with Crippen LogP contribution in [0.3, 0.4) is 0 Å². The molecule has 2 aromatic carbocycles. The van der Waals surface area contributed by atoms with E-state index in [-0.39, 0.29) is 24.7 Å². The molecule has 29 heavy (non-hydrogen) atoms. The number of rotatable bonds is 8. The second kappa shape index (κ2) is 9.14. The van der Waals surface area contributed by atoms with Gasteiger partial charge in [-0.05, 0) is 54.1 Å². The van der Waals surface area contributed by atoms with Crippen molar-refractivity contribution in [1.29, 1.82) is 0 Å². The highest BCUT2D eigenvalue weighted by atomic mass is 19.1. The minimum Gasteiger partial charge on any atom is -0.493 e. The summed E-state index contributed by atoms with van der Waals surface area (Å²) in [5, 5.41) is 2.82. The Morgan fingerprint density at radius 1 is 0.966 bits per heavy atom. The van der Waals surface area contributed by atoms with E-state index in [0.29, 0.717) is 28.8 Å². The predicted molar refractivity (Wildman–Crippen MR) is 106 cm³/mol. The van der Waals surface area contributed by atoms with Crippen molar-refractivity contribution in [3.05, 3.63) is 65.7 Å². The number of furan rings is 1. The largest absolute Gasteiger partial charge is 0.493 e. The Hall–Kier alpha value is -3.48. The van der Waals surface area contributed by atoms with Gasteiger partial charge in [0.25, 0.3) is 0 Å². The van der Waals surface area contributed by atoms with Crippen molar-refractivity contribution in [3.8, 4) is 28.6 Å². The zero-order valence-electron chi connectivity index (χ0n) is 16.5. The molecule has 0 saturated heterocycles. The molecule has 3 rings (SSSR count). The third-order valence-electron chi connectivity index (χ3n) is 4.34. The second-order valence-corrected chi connectivity index (χ2v) is 6.26. The first-order chi connectivity index (χ1) is 14.0. The van der Waals surface area contributed by atoms with Gasteiger partial charge < -0.3 is 23.9 Å². The molecule has 6 nitrogen and oxygen atoms in total. The van der Waals surface area contributed by atoms with Crippen LogP contribution >= 0.6 is 0 Å². The number of halogens is 1. The van der Waals surface area contributed by atoms with E-state index in [1.807, 2.05) is 0 Å². The summed E-state index contributed by atoms with van der Waals surface area (Å²) >= 11 is 0. The summed E-state index contributed by atoms with van der Waals surface area (Å²) in [4.78, 5) is 12.3. The molecule has 1 N–H and O–H groups in total. The summed E-state index contributed by atoms with van der Waals surface area (Å²) in [5.41, 5.74) is 1.49. The van der Waals surface area contributed by atoms with E-state index in [1.165, 1.54) is 33.5 Å². The quantitative estimate of drug-likeness (QED) is 0.621. The highest BCUT2D eigenvalue weighted by molar-refractivity contribution is 5.79. The molecular weight excluding hydrogens is 377 g/mol. The maximum atomic E-state index is 13.0. The summed E-state index contributed by atoms with van der Waals surface area (Å²) < 4.78 is 34.7. The molecule has 1 amide bonds. The maximum absolute atomic E-state index is 13.0. The average Bonchev–Trinajstić information content (AvgIpc) is 3.21. The molecule has 0 atom stereocenters. The Bertz CT molecular complexity index is 956. The van der Waals surface area contributed by atoms with Crippen LogP contribution in [0.25, 0.3) is 11.3 Å². The molecule has 0 spiro atoms. The minimum absolute atomic E-state index is 0.141. The molecule has 0 aliphatic heterocycles. The van der Waals surface area contributed by atoms with Crippen molar-refractivity contribution in [1.82, 2.24) is 5.32 Å². The molecule has 7 heteroatoms. The summed E-state index contributed by atoms with van der Waals surface area (Å²) in [6.45, 7) is 0.241. The second-order valence-electron chi connectivity index (χ2n) is 6.26. The van der Waals surface area contributed by atoms with Crippen LogP contribution in [0.2, 0.25) is 0 Å². The van der Waals surface area contributed by atoms with Gasteiger partial charge in [0.1, 0.15) is 17.3 Å². The number of methoxy groups -OCH3 is 3. The molecular formula is C22H22FNO5. The van der Waals surface area contributed by atoms with Crippen molar-refractivity contribution >= 4 is 5.91 Å². The molecule has 1 heterocycles. The lowest BCUT2D eigenvalue weighted by Crippen LogP contribution is -2.24. The molecule has 0 aliphatic carbocycles. The van der Waals surface area contributed by atoms with Gasteiger partial charge in [-0.2, -0.15) is 0 Å². The van der Waals surface area contributed by atoms with Crippen LogP contribution in [-0.2, 0) is 17.8 Å². The first kappa shape index (κ1) is 20.3. The average molecular weight is 399 g/mol. The van der Waals surface area contributed by atoms with E-state index >= 15 is 0 Å². The topological polar surface area (TPSA) is 69.9 Å². The van der Waals surface area contributed by atoms with E-state index in [9.17, 15) is 9.18 Å². The van der Waals surface area contributed by atoms with Crippen LogP contribution in [0, 0.1) is 5.82 Å². The van der Waals surface area contributed by atoms with Gasteiger partial charge in [0.15, 0.2) is 11.5 Å². The van der Waals surface area contributed by atoms with Crippen molar-refractivity contribution in [2.24, 2.45) is 0 Å². The monoisotopic (exact) mass is 399 g/mol. The van der Waals surface area contributed by atoms with Crippen molar-refractivity contribution in [2.75, 3.05) is 21.3 Å². The molecule has 0 unspecified atom stereocenters. The Balaban J connectivity index is 1.62. The van der Waals surface area contributed by atoms with E-state index in [2.05, 4.69) is 5.32 Å². The smallest absolute Gasteiger partial charge is 0.224 e. The fraction of sp³-hybridized carbons (Fsp3) is 0.227. The van der Waals surface area contributed by atoms with Gasteiger partial charge in [-0.15, -0.1) is 0 Å². The summed E-state index contributed by atoms with van der Waals surface area (Å²) in [5.74, 6) is 2.18. The number of carbonyl (C=O) groups excluding carboxylic acids is 1. The van der Waals surface area contributed by atoms with Gasteiger partial charge in [-0.1, -0.05) is 0 Å². The number of ether oxygens (including phenoxy) is 3. The highest BCUT2D eigenvalue weighted by Gasteiger charge is 2.15. The standard InChI is InChI=1S/C22H22FNO5/c1-26-19-10-14(11-20(27-2)22(19)28-3)12-21(25)24-13-17-8-9-18(29-17)15-4-6-16(23)7-5-15/h4-11H,12-13H2,1-3H3,(H,24,25). The zero-order chi connectivity index (χ0) is 20.8. The summed E-state index contributed by atoms with van der Waals surface area (Å²) in [6.07, 6.45) is 0.141. The van der Waals surface area contributed by atoms with Crippen molar-refractivity contribution in [2.45, 2.75) is 13.0 Å². The summed E-state index contributed by atoms with van der Waals surface area (Å²) in [7, 11) is 4.57. The zero-order valence-corrected chi connectivity index (χ0v) is 16.5. The number of hydrogen-bond donors (Lipinski definition) is 1. The third kappa shape index (κ3) is 4.87. The maximum Gasteiger partial charge on any atom is 0.224 e. The molecule has 1 aromatic heterocycles. The number of benzene rings is 2. The molecule has 0 aliphatic rings. The van der Waals surface area contributed by atoms with Gasteiger partial charge >= 0.3 is 0 Å². The number of carbonyl (C=O) groups is 1. The van der Waals surface area contributed by atoms with Crippen LogP contribution in [0.5, 0.6) is 17.2 Å². The Morgan fingerprint density at radius 3 is 2.21 bits per heavy atom. The Labute approximate surface area is 168 Å². The predicted octanol–water partition coefficient (Wildman–Crippen LogP) is 3.97. The van der Waals surface area contributed by atoms with E-state index in [4.69, 9.17) is 18.6 Å². The fourth-order valence-electron chi connectivity index (χ4n) is 2.91. The van der Waals surface area contributed by atoms with Crippen LogP contribution in [-0.4, -0.2) is 27.2 Å². The van der Waals surface area contributed by atoms with E-state index in [0.717, 1.165) is 11.1 Å². The van der Waals surface area contributed by atoms with Gasteiger partial charge in [-0.3, -0.25) is 4.79 Å². The van der Waals surface area contributed by atoms with Crippen molar-refractivity contribution < 1.29 is 27.8 Å². The molecule has 0 fully saturated rings. The SMILES string of the molecule is COc1cc(CC(=O)NCc2ccc(-c3ccc(F)cc3)o2)cc(OC)c1OC. The molecule has 0 radical (unpaired) electrons. The lowest BCUT2D eigenvalue weighted by Gasteiger charge is -2.14. The fourth-order valence-corrected chi connectivity index (χ4v) is 2.91. The Kier molecular flexibility index (Phi) is 6.39. The summed E-state index contributed by atoms with van der Waals surface area (Å²) in [6, 6.07) is 13.1. The van der Waals surface area contributed by atoms with E-state index in [1.54, 1.807) is 36.4 Å². The molecule has 0 bridgehead atoms. The highest BCUT2D eigenvalue weighted by Crippen LogP contribution is 2.38. The van der Waals surface area contributed by atoms with Gasteiger partial charge in [0.05, 0.1) is 34.3 Å². The molecule has 0 saturated carbocycles. The lowest BCUT2D eigenvalue weighted by atomic mass is 10.1. The van der Waals surface area contributed by atoms with Crippen LogP contribution in [0.15, 0.2) is 52.9 Å². The van der Waals surface area contributed by atoms with Crippen LogP contribution in [0.4, 0.5) is 4.39 Å².